The van der Waals surface area contributed by atoms with Crippen LogP contribution in [0.1, 0.15) is 36.7 Å². The van der Waals surface area contributed by atoms with Gasteiger partial charge in [-0.3, -0.25) is 29.8 Å². The molecule has 0 aliphatic heterocycles. The van der Waals surface area contributed by atoms with Crippen molar-refractivity contribution in [2.75, 3.05) is 18.4 Å². The van der Waals surface area contributed by atoms with Crippen LogP contribution in [0.5, 0.6) is 0 Å². The summed E-state index contributed by atoms with van der Waals surface area (Å²) in [5.74, 6) is -0.689. The second-order valence-electron chi connectivity index (χ2n) is 8.54. The SMILES string of the molecule is Cc1c([N+](=O)[O-])cc(S(=O)(=O)NCCNC(=O)c2ccc(NC(=O)C(C)(C)C)cc2)cc1[N+](=O)[O-]. The van der Waals surface area contributed by atoms with Crippen molar-refractivity contribution >= 4 is 38.9 Å². The predicted octanol–water partition coefficient (Wildman–Crippen LogP) is 2.50. The molecule has 2 rings (SSSR count). The Balaban J connectivity index is 2.00. The molecule has 0 aliphatic carbocycles. The number of anilines is 1. The van der Waals surface area contributed by atoms with E-state index in [4.69, 9.17) is 0 Å². The van der Waals surface area contributed by atoms with E-state index in [1.807, 2.05) is 0 Å². The number of nitro groups is 2. The Hall–Kier alpha value is -3.91. The predicted molar refractivity (Wildman–Crippen MR) is 127 cm³/mol. The van der Waals surface area contributed by atoms with Gasteiger partial charge < -0.3 is 10.6 Å². The Morgan fingerprint density at radius 2 is 1.46 bits per heavy atom. The van der Waals surface area contributed by atoms with Crippen LogP contribution >= 0.6 is 0 Å². The van der Waals surface area contributed by atoms with Gasteiger partial charge in [0.2, 0.25) is 15.9 Å². The normalized spacial score (nSPS) is 11.5. The minimum Gasteiger partial charge on any atom is -0.351 e. The Kier molecular flexibility index (Phi) is 8.25. The lowest BCUT2D eigenvalue weighted by Crippen LogP contribution is -2.34. The van der Waals surface area contributed by atoms with E-state index in [1.165, 1.54) is 12.1 Å². The summed E-state index contributed by atoms with van der Waals surface area (Å²) in [6.07, 6.45) is 0. The zero-order chi connectivity index (χ0) is 26.6. The Labute approximate surface area is 201 Å². The van der Waals surface area contributed by atoms with E-state index < -0.39 is 47.5 Å². The molecule has 14 heteroatoms. The van der Waals surface area contributed by atoms with E-state index in [2.05, 4.69) is 15.4 Å². The molecule has 0 spiro atoms. The smallest absolute Gasteiger partial charge is 0.280 e. The number of nitrogens with one attached hydrogen (secondary N) is 3. The molecule has 0 atom stereocenters. The van der Waals surface area contributed by atoms with Crippen molar-refractivity contribution in [3.05, 3.63) is 67.8 Å². The molecule has 3 N–H and O–H groups in total. The van der Waals surface area contributed by atoms with Crippen molar-refractivity contribution in [3.8, 4) is 0 Å². The van der Waals surface area contributed by atoms with Gasteiger partial charge in [-0.1, -0.05) is 20.8 Å². The number of nitrogens with zero attached hydrogens (tertiary/aromatic N) is 2. The number of nitro benzene ring substituents is 2. The summed E-state index contributed by atoms with van der Waals surface area (Å²) in [5.41, 5.74) is -1.47. The number of carbonyl (C=O) groups excluding carboxylic acids is 2. The van der Waals surface area contributed by atoms with Gasteiger partial charge in [-0.15, -0.1) is 0 Å². The molecule has 2 aromatic rings. The first-order valence-corrected chi connectivity index (χ1v) is 11.7. The number of amides is 2. The summed E-state index contributed by atoms with van der Waals surface area (Å²) >= 11 is 0. The maximum absolute atomic E-state index is 12.5. The van der Waals surface area contributed by atoms with Crippen molar-refractivity contribution in [1.82, 2.24) is 10.0 Å². The van der Waals surface area contributed by atoms with Crippen LogP contribution < -0.4 is 15.4 Å². The van der Waals surface area contributed by atoms with Crippen LogP contribution in [0.25, 0.3) is 0 Å². The van der Waals surface area contributed by atoms with Crippen molar-refractivity contribution in [2.24, 2.45) is 5.41 Å². The van der Waals surface area contributed by atoms with Crippen LogP contribution in [-0.2, 0) is 14.8 Å². The third kappa shape index (κ3) is 7.04. The van der Waals surface area contributed by atoms with Crippen molar-refractivity contribution in [1.29, 1.82) is 0 Å². The number of rotatable bonds is 9. The van der Waals surface area contributed by atoms with Gasteiger partial charge in [0.05, 0.1) is 14.7 Å². The van der Waals surface area contributed by atoms with Crippen molar-refractivity contribution < 1.29 is 27.9 Å². The van der Waals surface area contributed by atoms with E-state index in [9.17, 15) is 38.2 Å². The molecular weight excluding hydrogens is 482 g/mol. The fraction of sp³-hybridized carbons (Fsp3) is 0.333. The first kappa shape index (κ1) is 27.3. The van der Waals surface area contributed by atoms with Gasteiger partial charge in [-0.05, 0) is 31.2 Å². The lowest BCUT2D eigenvalue weighted by Gasteiger charge is -2.17. The molecule has 188 valence electrons. The van der Waals surface area contributed by atoms with Crippen LogP contribution in [-0.4, -0.2) is 43.2 Å². The van der Waals surface area contributed by atoms with E-state index in [-0.39, 0.29) is 30.1 Å². The summed E-state index contributed by atoms with van der Waals surface area (Å²) in [7, 11) is -4.33. The number of sulfonamides is 1. The summed E-state index contributed by atoms with van der Waals surface area (Å²) in [6.45, 7) is 6.04. The zero-order valence-corrected chi connectivity index (χ0v) is 20.3. The molecule has 0 aromatic heterocycles. The minimum atomic E-state index is -4.33. The van der Waals surface area contributed by atoms with Gasteiger partial charge in [0, 0.05) is 41.9 Å². The van der Waals surface area contributed by atoms with Crippen LogP contribution in [0.15, 0.2) is 41.3 Å². The fourth-order valence-electron chi connectivity index (χ4n) is 2.76. The molecule has 0 heterocycles. The van der Waals surface area contributed by atoms with Crippen molar-refractivity contribution in [2.45, 2.75) is 32.6 Å². The average molecular weight is 508 g/mol. The lowest BCUT2D eigenvalue weighted by molar-refractivity contribution is -0.395. The monoisotopic (exact) mass is 507 g/mol. The molecule has 0 bridgehead atoms. The molecule has 2 aromatic carbocycles. The highest BCUT2D eigenvalue weighted by Gasteiger charge is 2.28. The Morgan fingerprint density at radius 1 is 0.943 bits per heavy atom. The second-order valence-corrected chi connectivity index (χ2v) is 10.3. The van der Waals surface area contributed by atoms with Crippen LogP contribution in [0.2, 0.25) is 0 Å². The summed E-state index contributed by atoms with van der Waals surface area (Å²) < 4.78 is 27.1. The minimum absolute atomic E-state index is 0.128. The highest BCUT2D eigenvalue weighted by Crippen LogP contribution is 2.31. The van der Waals surface area contributed by atoms with Gasteiger partial charge in [0.25, 0.3) is 17.3 Å². The largest absolute Gasteiger partial charge is 0.351 e. The molecule has 35 heavy (non-hydrogen) atoms. The van der Waals surface area contributed by atoms with Gasteiger partial charge in [0.15, 0.2) is 0 Å². The first-order chi connectivity index (χ1) is 16.1. The van der Waals surface area contributed by atoms with Crippen LogP contribution in [0.3, 0.4) is 0 Å². The van der Waals surface area contributed by atoms with E-state index >= 15 is 0 Å². The zero-order valence-electron chi connectivity index (χ0n) is 19.4. The van der Waals surface area contributed by atoms with E-state index in [0.29, 0.717) is 5.69 Å². The molecule has 2 amide bonds. The number of carbonyl (C=O) groups is 2. The molecule has 0 radical (unpaired) electrons. The molecular formula is C21H25N5O8S. The number of benzene rings is 2. The Bertz CT molecular complexity index is 1230. The maximum atomic E-state index is 12.5. The molecule has 0 saturated carbocycles. The third-order valence-corrected chi connectivity index (χ3v) is 6.26. The van der Waals surface area contributed by atoms with Crippen molar-refractivity contribution in [3.63, 3.8) is 0 Å². The fourth-order valence-corrected chi connectivity index (χ4v) is 3.83. The van der Waals surface area contributed by atoms with Crippen LogP contribution in [0.4, 0.5) is 17.1 Å². The second kappa shape index (κ2) is 10.6. The molecule has 13 nitrogen and oxygen atoms in total. The third-order valence-electron chi connectivity index (χ3n) is 4.82. The maximum Gasteiger partial charge on any atom is 0.280 e. The number of hydrogen-bond donors (Lipinski definition) is 3. The van der Waals surface area contributed by atoms with Gasteiger partial charge >= 0.3 is 0 Å². The van der Waals surface area contributed by atoms with E-state index in [1.54, 1.807) is 32.9 Å². The number of hydrogen-bond acceptors (Lipinski definition) is 8. The summed E-state index contributed by atoms with van der Waals surface area (Å²) in [6, 6.07) is 7.56. The highest BCUT2D eigenvalue weighted by atomic mass is 32.2. The quantitative estimate of drug-likeness (QED) is 0.262. The molecule has 0 saturated heterocycles. The molecule has 0 fully saturated rings. The molecule has 0 aliphatic rings. The van der Waals surface area contributed by atoms with Gasteiger partial charge in [-0.2, -0.15) is 0 Å². The first-order valence-electron chi connectivity index (χ1n) is 10.3. The standard InChI is InChI=1S/C21H25N5O8S/c1-13-17(25(29)30)11-16(12-18(13)26(31)32)35(33,34)23-10-9-22-19(27)14-5-7-15(8-6-14)24-20(28)21(2,3)4/h5-8,11-12,23H,9-10H2,1-4H3,(H,22,27)(H,24,28). The van der Waals surface area contributed by atoms with Gasteiger partial charge in [-0.25, -0.2) is 13.1 Å². The van der Waals surface area contributed by atoms with Crippen LogP contribution in [0, 0.1) is 32.6 Å². The summed E-state index contributed by atoms with van der Waals surface area (Å²) in [4.78, 5) is 44.2. The summed E-state index contributed by atoms with van der Waals surface area (Å²) in [5, 5.41) is 27.6. The van der Waals surface area contributed by atoms with E-state index in [0.717, 1.165) is 19.1 Å². The average Bonchev–Trinajstić information content (AvgIpc) is 2.76. The van der Waals surface area contributed by atoms with Gasteiger partial charge in [0.1, 0.15) is 5.56 Å². The molecule has 0 unspecified atom stereocenters. The Morgan fingerprint density at radius 3 is 1.91 bits per heavy atom. The topological polar surface area (TPSA) is 191 Å². The highest BCUT2D eigenvalue weighted by molar-refractivity contribution is 7.89. The lowest BCUT2D eigenvalue weighted by atomic mass is 9.95.